The highest BCUT2D eigenvalue weighted by molar-refractivity contribution is 6.31. The zero-order chi connectivity index (χ0) is 16.7. The second kappa shape index (κ2) is 5.84. The lowest BCUT2D eigenvalue weighted by atomic mass is 10.1. The number of carbonyl (C=O) groups excluding carboxylic acids is 1. The van der Waals surface area contributed by atoms with E-state index in [4.69, 9.17) is 11.6 Å². The number of hydrogen-bond donors (Lipinski definition) is 0. The Bertz CT molecular complexity index is 929. The standard InChI is InChI=1S/C20H17ClN2O/c1-2-17-13-22(12-14-6-4-3-5-7-14)20(24)19-11-15-10-16(21)8-9-18(15)23(17)19/h2-11,17H,1,12-13H2/t17-/m1/s1. The van der Waals surface area contributed by atoms with Gasteiger partial charge in [-0.05, 0) is 29.8 Å². The summed E-state index contributed by atoms with van der Waals surface area (Å²) in [7, 11) is 0. The van der Waals surface area contributed by atoms with E-state index in [-0.39, 0.29) is 11.9 Å². The number of halogens is 1. The van der Waals surface area contributed by atoms with Gasteiger partial charge in [-0.1, -0.05) is 48.0 Å². The molecule has 0 saturated carbocycles. The number of hydrogen-bond acceptors (Lipinski definition) is 1. The van der Waals surface area contributed by atoms with Gasteiger partial charge in [-0.15, -0.1) is 6.58 Å². The smallest absolute Gasteiger partial charge is 0.270 e. The Labute approximate surface area is 145 Å². The summed E-state index contributed by atoms with van der Waals surface area (Å²) in [6.45, 7) is 5.19. The Morgan fingerprint density at radius 3 is 2.71 bits per heavy atom. The molecule has 4 rings (SSSR count). The van der Waals surface area contributed by atoms with Crippen molar-refractivity contribution in [3.63, 3.8) is 0 Å². The average Bonchev–Trinajstić information content (AvgIpc) is 2.97. The Kier molecular flexibility index (Phi) is 3.66. The predicted octanol–water partition coefficient (Wildman–Crippen LogP) is 4.68. The molecule has 1 amide bonds. The van der Waals surface area contributed by atoms with Crippen molar-refractivity contribution in [2.75, 3.05) is 6.54 Å². The summed E-state index contributed by atoms with van der Waals surface area (Å²) >= 11 is 6.10. The quantitative estimate of drug-likeness (QED) is 0.638. The van der Waals surface area contributed by atoms with Crippen LogP contribution in [0.25, 0.3) is 10.9 Å². The van der Waals surface area contributed by atoms with Gasteiger partial charge in [0.1, 0.15) is 5.69 Å². The fraction of sp³-hybridized carbons (Fsp3) is 0.150. The molecule has 3 aromatic rings. The zero-order valence-corrected chi connectivity index (χ0v) is 13.9. The van der Waals surface area contributed by atoms with Gasteiger partial charge in [-0.3, -0.25) is 4.79 Å². The Morgan fingerprint density at radius 1 is 1.17 bits per heavy atom. The number of benzene rings is 2. The lowest BCUT2D eigenvalue weighted by Gasteiger charge is -2.33. The number of carbonyl (C=O) groups is 1. The minimum Gasteiger partial charge on any atom is -0.331 e. The molecule has 2 aromatic carbocycles. The van der Waals surface area contributed by atoms with E-state index in [9.17, 15) is 4.79 Å². The molecule has 1 aromatic heterocycles. The number of amides is 1. The van der Waals surface area contributed by atoms with Gasteiger partial charge in [0.15, 0.2) is 0 Å². The van der Waals surface area contributed by atoms with Crippen LogP contribution in [0, 0.1) is 0 Å². The molecule has 24 heavy (non-hydrogen) atoms. The van der Waals surface area contributed by atoms with E-state index in [1.165, 1.54) is 0 Å². The summed E-state index contributed by atoms with van der Waals surface area (Å²) in [5, 5.41) is 1.66. The molecule has 0 unspecified atom stereocenters. The van der Waals surface area contributed by atoms with E-state index in [1.807, 2.05) is 65.6 Å². The van der Waals surface area contributed by atoms with Crippen LogP contribution in [0.5, 0.6) is 0 Å². The maximum absolute atomic E-state index is 13.0. The van der Waals surface area contributed by atoms with Crippen LogP contribution >= 0.6 is 11.6 Å². The normalized spacial score (nSPS) is 17.1. The maximum atomic E-state index is 13.0. The summed E-state index contributed by atoms with van der Waals surface area (Å²) in [6.07, 6.45) is 1.90. The average molecular weight is 337 g/mol. The Morgan fingerprint density at radius 2 is 1.96 bits per heavy atom. The predicted molar refractivity (Wildman–Crippen MR) is 97.4 cm³/mol. The van der Waals surface area contributed by atoms with Crippen LogP contribution in [0.2, 0.25) is 5.02 Å². The van der Waals surface area contributed by atoms with Gasteiger partial charge in [0.2, 0.25) is 0 Å². The molecule has 1 aliphatic rings. The molecule has 3 nitrogen and oxygen atoms in total. The molecule has 0 saturated heterocycles. The third kappa shape index (κ3) is 2.42. The SMILES string of the molecule is C=C[C@@H]1CN(Cc2ccccc2)C(=O)c2cc3cc(Cl)ccc3n21. The first-order valence-electron chi connectivity index (χ1n) is 7.93. The van der Waals surface area contributed by atoms with Gasteiger partial charge in [-0.2, -0.15) is 0 Å². The van der Waals surface area contributed by atoms with Crippen molar-refractivity contribution < 1.29 is 4.79 Å². The van der Waals surface area contributed by atoms with Crippen molar-refractivity contribution in [1.82, 2.24) is 9.47 Å². The summed E-state index contributed by atoms with van der Waals surface area (Å²) in [4.78, 5) is 14.9. The summed E-state index contributed by atoms with van der Waals surface area (Å²) in [6, 6.07) is 17.8. The zero-order valence-electron chi connectivity index (χ0n) is 13.2. The fourth-order valence-electron chi connectivity index (χ4n) is 3.40. The van der Waals surface area contributed by atoms with Crippen LogP contribution < -0.4 is 0 Å². The third-order valence-electron chi connectivity index (χ3n) is 4.53. The van der Waals surface area contributed by atoms with Gasteiger partial charge < -0.3 is 9.47 Å². The van der Waals surface area contributed by atoms with E-state index < -0.39 is 0 Å². The molecule has 4 heteroatoms. The first kappa shape index (κ1) is 15.0. The first-order valence-corrected chi connectivity index (χ1v) is 8.31. The van der Waals surface area contributed by atoms with E-state index in [0.29, 0.717) is 23.8 Å². The van der Waals surface area contributed by atoms with Crippen LogP contribution in [0.1, 0.15) is 22.1 Å². The molecule has 2 heterocycles. The molecular weight excluding hydrogens is 320 g/mol. The number of nitrogens with zero attached hydrogens (tertiary/aromatic N) is 2. The van der Waals surface area contributed by atoms with Crippen LogP contribution in [-0.4, -0.2) is 21.9 Å². The topological polar surface area (TPSA) is 25.2 Å². The summed E-state index contributed by atoms with van der Waals surface area (Å²) in [5.74, 6) is 0.0456. The second-order valence-corrected chi connectivity index (χ2v) is 6.51. The monoisotopic (exact) mass is 336 g/mol. The summed E-state index contributed by atoms with van der Waals surface area (Å²) < 4.78 is 2.07. The lowest BCUT2D eigenvalue weighted by molar-refractivity contribution is 0.0676. The highest BCUT2D eigenvalue weighted by atomic mass is 35.5. The Hall–Kier alpha value is -2.52. The molecular formula is C20H17ClN2O. The molecule has 1 atom stereocenters. The van der Waals surface area contributed by atoms with Crippen molar-refractivity contribution >= 4 is 28.4 Å². The van der Waals surface area contributed by atoms with E-state index in [2.05, 4.69) is 11.1 Å². The number of fused-ring (bicyclic) bond motifs is 3. The minimum atomic E-state index is 0.0456. The van der Waals surface area contributed by atoms with Crippen molar-refractivity contribution in [3.05, 3.63) is 83.5 Å². The molecule has 120 valence electrons. The molecule has 0 aliphatic carbocycles. The van der Waals surface area contributed by atoms with E-state index >= 15 is 0 Å². The van der Waals surface area contributed by atoms with E-state index in [1.54, 1.807) is 0 Å². The van der Waals surface area contributed by atoms with Crippen molar-refractivity contribution in [2.24, 2.45) is 0 Å². The molecule has 1 aliphatic heterocycles. The maximum Gasteiger partial charge on any atom is 0.270 e. The molecule has 0 radical (unpaired) electrons. The van der Waals surface area contributed by atoms with E-state index in [0.717, 1.165) is 16.5 Å². The highest BCUT2D eigenvalue weighted by Gasteiger charge is 2.31. The third-order valence-corrected chi connectivity index (χ3v) is 4.77. The molecule has 0 spiro atoms. The largest absolute Gasteiger partial charge is 0.331 e. The van der Waals surface area contributed by atoms with Gasteiger partial charge in [0.25, 0.3) is 5.91 Å². The highest BCUT2D eigenvalue weighted by Crippen LogP contribution is 2.32. The lowest BCUT2D eigenvalue weighted by Crippen LogP contribution is -2.41. The first-order chi connectivity index (χ1) is 11.7. The van der Waals surface area contributed by atoms with Gasteiger partial charge in [0.05, 0.1) is 6.04 Å². The van der Waals surface area contributed by atoms with Crippen molar-refractivity contribution in [3.8, 4) is 0 Å². The van der Waals surface area contributed by atoms with Crippen LogP contribution in [0.3, 0.4) is 0 Å². The summed E-state index contributed by atoms with van der Waals surface area (Å²) in [5.41, 5.74) is 2.84. The van der Waals surface area contributed by atoms with Gasteiger partial charge in [-0.25, -0.2) is 0 Å². The van der Waals surface area contributed by atoms with Crippen molar-refractivity contribution in [2.45, 2.75) is 12.6 Å². The fourth-order valence-corrected chi connectivity index (χ4v) is 3.58. The van der Waals surface area contributed by atoms with Crippen LogP contribution in [-0.2, 0) is 6.54 Å². The van der Waals surface area contributed by atoms with Crippen LogP contribution in [0.4, 0.5) is 0 Å². The second-order valence-electron chi connectivity index (χ2n) is 6.08. The minimum absolute atomic E-state index is 0.0456. The number of aromatic nitrogens is 1. The Balaban J connectivity index is 1.78. The van der Waals surface area contributed by atoms with Crippen molar-refractivity contribution in [1.29, 1.82) is 0 Å². The van der Waals surface area contributed by atoms with Crippen LogP contribution in [0.15, 0.2) is 67.3 Å². The molecule has 0 fully saturated rings. The molecule has 0 bridgehead atoms. The molecule has 0 N–H and O–H groups in total. The van der Waals surface area contributed by atoms with Gasteiger partial charge in [0, 0.05) is 29.0 Å². The number of rotatable bonds is 3. The van der Waals surface area contributed by atoms with Gasteiger partial charge >= 0.3 is 0 Å².